The molecule has 0 saturated carbocycles. The van der Waals surface area contributed by atoms with Crippen LogP contribution in [0, 0.1) is 0 Å². The van der Waals surface area contributed by atoms with E-state index in [1.807, 2.05) is 66.7 Å². The van der Waals surface area contributed by atoms with E-state index in [9.17, 15) is 4.79 Å². The first-order valence-corrected chi connectivity index (χ1v) is 8.86. The summed E-state index contributed by atoms with van der Waals surface area (Å²) in [5.74, 6) is -0.275. The minimum Gasteiger partial charge on any atom is -0.332 e. The molecule has 3 aromatic carbocycles. The SMILES string of the molecule is O=C(/C=C/c1ccccc1)NC(=S)Nc1ccc(Br)c2ccccc12. The highest BCUT2D eigenvalue weighted by Crippen LogP contribution is 2.29. The highest BCUT2D eigenvalue weighted by Gasteiger charge is 2.07. The van der Waals surface area contributed by atoms with Gasteiger partial charge in [-0.2, -0.15) is 0 Å². The van der Waals surface area contributed by atoms with Gasteiger partial charge in [-0.15, -0.1) is 0 Å². The molecule has 3 rings (SSSR count). The van der Waals surface area contributed by atoms with Crippen LogP contribution in [0.15, 0.2) is 77.3 Å². The van der Waals surface area contributed by atoms with E-state index in [1.54, 1.807) is 6.08 Å². The summed E-state index contributed by atoms with van der Waals surface area (Å²) in [7, 11) is 0. The van der Waals surface area contributed by atoms with Crippen molar-refractivity contribution in [3.63, 3.8) is 0 Å². The van der Waals surface area contributed by atoms with Gasteiger partial charge in [0.05, 0.1) is 0 Å². The maximum atomic E-state index is 12.0. The van der Waals surface area contributed by atoms with Crippen molar-refractivity contribution >= 4 is 61.7 Å². The third-order valence-electron chi connectivity index (χ3n) is 3.58. The molecular weight excluding hydrogens is 396 g/mol. The van der Waals surface area contributed by atoms with Crippen LogP contribution < -0.4 is 10.6 Å². The molecule has 0 saturated heterocycles. The van der Waals surface area contributed by atoms with Gasteiger partial charge in [-0.3, -0.25) is 10.1 Å². The lowest BCUT2D eigenvalue weighted by Gasteiger charge is -2.12. The second-order valence-electron chi connectivity index (χ2n) is 5.33. The number of amides is 1. The first kappa shape index (κ1) is 17.3. The van der Waals surface area contributed by atoms with Gasteiger partial charge in [-0.1, -0.05) is 70.5 Å². The molecule has 0 aromatic heterocycles. The minimum absolute atomic E-state index is 0.259. The second kappa shape index (κ2) is 8.05. The van der Waals surface area contributed by atoms with Gasteiger partial charge in [0.25, 0.3) is 0 Å². The summed E-state index contributed by atoms with van der Waals surface area (Å²) in [5.41, 5.74) is 1.80. The number of fused-ring (bicyclic) bond motifs is 1. The summed E-state index contributed by atoms with van der Waals surface area (Å²) in [4.78, 5) is 12.0. The smallest absolute Gasteiger partial charge is 0.250 e. The van der Waals surface area contributed by atoms with Crippen molar-refractivity contribution in [1.29, 1.82) is 0 Å². The van der Waals surface area contributed by atoms with Crippen LogP contribution in [0.3, 0.4) is 0 Å². The molecule has 0 aliphatic heterocycles. The molecule has 2 N–H and O–H groups in total. The maximum Gasteiger partial charge on any atom is 0.250 e. The van der Waals surface area contributed by atoms with E-state index in [0.717, 1.165) is 26.5 Å². The number of carbonyl (C=O) groups excluding carboxylic acids is 1. The molecule has 5 heteroatoms. The predicted molar refractivity (Wildman–Crippen MR) is 111 cm³/mol. The van der Waals surface area contributed by atoms with Crippen LogP contribution in [0.5, 0.6) is 0 Å². The Morgan fingerprint density at radius 1 is 0.920 bits per heavy atom. The fourth-order valence-corrected chi connectivity index (χ4v) is 3.10. The molecule has 0 aliphatic rings. The van der Waals surface area contributed by atoms with Crippen molar-refractivity contribution in [2.45, 2.75) is 0 Å². The highest BCUT2D eigenvalue weighted by atomic mass is 79.9. The van der Waals surface area contributed by atoms with Gasteiger partial charge in [0.15, 0.2) is 5.11 Å². The summed E-state index contributed by atoms with van der Waals surface area (Å²) >= 11 is 8.79. The quantitative estimate of drug-likeness (QED) is 0.464. The van der Waals surface area contributed by atoms with Gasteiger partial charge in [0.2, 0.25) is 5.91 Å². The van der Waals surface area contributed by atoms with Crippen molar-refractivity contribution in [2.75, 3.05) is 5.32 Å². The Hall–Kier alpha value is -2.50. The summed E-state index contributed by atoms with van der Waals surface area (Å²) in [6.45, 7) is 0. The first-order valence-electron chi connectivity index (χ1n) is 7.66. The molecule has 0 radical (unpaired) electrons. The van der Waals surface area contributed by atoms with E-state index in [-0.39, 0.29) is 11.0 Å². The number of halogens is 1. The monoisotopic (exact) mass is 410 g/mol. The lowest BCUT2D eigenvalue weighted by atomic mass is 10.1. The Morgan fingerprint density at radius 3 is 2.36 bits per heavy atom. The standard InChI is InChI=1S/C20H15BrN2OS/c21-17-11-12-18(16-9-5-4-8-15(16)17)22-20(25)23-19(24)13-10-14-6-2-1-3-7-14/h1-13H,(H2,22,23,24,25)/b13-10+. The number of benzene rings is 3. The predicted octanol–water partition coefficient (Wildman–Crippen LogP) is 5.13. The molecule has 124 valence electrons. The zero-order chi connectivity index (χ0) is 17.6. The van der Waals surface area contributed by atoms with Crippen LogP contribution in [0.1, 0.15) is 5.56 Å². The number of nitrogens with one attached hydrogen (secondary N) is 2. The lowest BCUT2D eigenvalue weighted by molar-refractivity contribution is -0.115. The zero-order valence-corrected chi connectivity index (χ0v) is 15.6. The summed E-state index contributed by atoms with van der Waals surface area (Å²) in [6.07, 6.45) is 3.20. The van der Waals surface area contributed by atoms with Crippen LogP contribution >= 0.6 is 28.1 Å². The normalized spacial score (nSPS) is 10.8. The molecule has 0 spiro atoms. The van der Waals surface area contributed by atoms with Gasteiger partial charge < -0.3 is 5.32 Å². The first-order chi connectivity index (χ1) is 12.1. The molecule has 0 bridgehead atoms. The highest BCUT2D eigenvalue weighted by molar-refractivity contribution is 9.10. The van der Waals surface area contributed by atoms with Crippen LogP contribution in [0.4, 0.5) is 5.69 Å². The van der Waals surface area contributed by atoms with Gasteiger partial charge in [0, 0.05) is 21.6 Å². The van der Waals surface area contributed by atoms with Crippen molar-refractivity contribution in [2.24, 2.45) is 0 Å². The van der Waals surface area contributed by atoms with Crippen LogP contribution in [0.2, 0.25) is 0 Å². The fraction of sp³-hybridized carbons (Fsp3) is 0. The molecular formula is C20H15BrN2OS. The molecule has 3 aromatic rings. The number of hydrogen-bond acceptors (Lipinski definition) is 2. The van der Waals surface area contributed by atoms with E-state index in [4.69, 9.17) is 12.2 Å². The molecule has 0 heterocycles. The van der Waals surface area contributed by atoms with E-state index in [1.165, 1.54) is 6.08 Å². The fourth-order valence-electron chi connectivity index (χ4n) is 2.41. The number of hydrogen-bond donors (Lipinski definition) is 2. The molecule has 25 heavy (non-hydrogen) atoms. The molecule has 0 unspecified atom stereocenters. The van der Waals surface area contributed by atoms with E-state index in [0.29, 0.717) is 0 Å². The maximum absolute atomic E-state index is 12.0. The Balaban J connectivity index is 1.68. The molecule has 0 fully saturated rings. The lowest BCUT2D eigenvalue weighted by Crippen LogP contribution is -2.32. The van der Waals surface area contributed by atoms with Crippen molar-refractivity contribution in [3.8, 4) is 0 Å². The molecule has 1 amide bonds. The average Bonchev–Trinajstić information content (AvgIpc) is 2.63. The van der Waals surface area contributed by atoms with Gasteiger partial charge in [-0.25, -0.2) is 0 Å². The Morgan fingerprint density at radius 2 is 1.60 bits per heavy atom. The van der Waals surface area contributed by atoms with Crippen LogP contribution in [-0.2, 0) is 4.79 Å². The summed E-state index contributed by atoms with van der Waals surface area (Å²) in [6, 6.07) is 21.5. The van der Waals surface area contributed by atoms with Crippen LogP contribution in [-0.4, -0.2) is 11.0 Å². The Kier molecular flexibility index (Phi) is 5.58. The van der Waals surface area contributed by atoms with Gasteiger partial charge >= 0.3 is 0 Å². The molecule has 3 nitrogen and oxygen atoms in total. The van der Waals surface area contributed by atoms with E-state index in [2.05, 4.69) is 26.6 Å². The van der Waals surface area contributed by atoms with Crippen molar-refractivity contribution in [3.05, 3.63) is 82.8 Å². The minimum atomic E-state index is -0.275. The van der Waals surface area contributed by atoms with E-state index >= 15 is 0 Å². The molecule has 0 atom stereocenters. The summed E-state index contributed by atoms with van der Waals surface area (Å²) < 4.78 is 1.01. The van der Waals surface area contributed by atoms with Gasteiger partial charge in [-0.05, 0) is 41.4 Å². The summed E-state index contributed by atoms with van der Waals surface area (Å²) in [5, 5.41) is 8.10. The number of thiocarbonyl (C=S) groups is 1. The van der Waals surface area contributed by atoms with Crippen LogP contribution in [0.25, 0.3) is 16.8 Å². The van der Waals surface area contributed by atoms with Gasteiger partial charge in [0.1, 0.15) is 0 Å². The molecule has 0 aliphatic carbocycles. The Labute approximate surface area is 159 Å². The topological polar surface area (TPSA) is 41.1 Å². The van der Waals surface area contributed by atoms with E-state index < -0.39 is 0 Å². The average molecular weight is 411 g/mol. The zero-order valence-electron chi connectivity index (χ0n) is 13.2. The number of anilines is 1. The Bertz CT molecular complexity index is 954. The second-order valence-corrected chi connectivity index (χ2v) is 6.59. The van der Waals surface area contributed by atoms with Crippen molar-refractivity contribution < 1.29 is 4.79 Å². The van der Waals surface area contributed by atoms with Crippen molar-refractivity contribution in [1.82, 2.24) is 5.32 Å². The number of carbonyl (C=O) groups is 1. The third kappa shape index (κ3) is 4.53. The third-order valence-corrected chi connectivity index (χ3v) is 4.48. The number of rotatable bonds is 3. The largest absolute Gasteiger partial charge is 0.332 e.